The molecule has 0 bridgehead atoms. The maximum Gasteiger partial charge on any atom is 0.243 e. The van der Waals surface area contributed by atoms with Gasteiger partial charge in [0.15, 0.2) is 5.82 Å². The zero-order valence-electron chi connectivity index (χ0n) is 11.5. The highest BCUT2D eigenvalue weighted by atomic mass is 16.5. The summed E-state index contributed by atoms with van der Waals surface area (Å²) in [6.45, 7) is 7.90. The van der Waals surface area contributed by atoms with E-state index in [0.29, 0.717) is 5.92 Å². The summed E-state index contributed by atoms with van der Waals surface area (Å²) in [6, 6.07) is 0.211. The monoisotopic (exact) mass is 266 g/mol. The van der Waals surface area contributed by atoms with Crippen LogP contribution in [0.25, 0.3) is 0 Å². The minimum Gasteiger partial charge on any atom is -0.381 e. The average Bonchev–Trinajstić information content (AvgIpc) is 2.98. The van der Waals surface area contributed by atoms with E-state index in [1.807, 2.05) is 0 Å². The van der Waals surface area contributed by atoms with Gasteiger partial charge < -0.3 is 14.6 Å². The van der Waals surface area contributed by atoms with Gasteiger partial charge in [-0.25, -0.2) is 0 Å². The highest BCUT2D eigenvalue weighted by molar-refractivity contribution is 4.99. The van der Waals surface area contributed by atoms with Gasteiger partial charge in [-0.3, -0.25) is 4.90 Å². The lowest BCUT2D eigenvalue weighted by atomic mass is 10.00. The average molecular weight is 266 g/mol. The Hall–Kier alpha value is -0.980. The molecule has 0 amide bonds. The lowest BCUT2D eigenvalue weighted by molar-refractivity contribution is 0.0830. The van der Waals surface area contributed by atoms with Crippen LogP contribution in [0.1, 0.15) is 43.4 Å². The Morgan fingerprint density at radius 3 is 2.74 bits per heavy atom. The highest BCUT2D eigenvalue weighted by Crippen LogP contribution is 2.26. The normalized spacial score (nSPS) is 24.5. The molecule has 1 aromatic heterocycles. The zero-order chi connectivity index (χ0) is 13.1. The van der Waals surface area contributed by atoms with Gasteiger partial charge in [0, 0.05) is 45.3 Å². The predicted molar refractivity (Wildman–Crippen MR) is 69.9 cm³/mol. The molecule has 1 unspecified atom stereocenters. The third-order valence-corrected chi connectivity index (χ3v) is 4.10. The van der Waals surface area contributed by atoms with Crippen LogP contribution in [0.15, 0.2) is 4.52 Å². The standard InChI is InChI=1S/C13H22N4O2/c1-10(17-6-4-14-5-7-17)13-15-12(16-19-13)11-2-8-18-9-3-11/h10-11,14H,2-9H2,1H3. The molecule has 2 aliphatic heterocycles. The molecule has 1 N–H and O–H groups in total. The second kappa shape index (κ2) is 5.98. The van der Waals surface area contributed by atoms with Crippen molar-refractivity contribution in [1.29, 1.82) is 0 Å². The quantitative estimate of drug-likeness (QED) is 0.878. The second-order valence-electron chi connectivity index (χ2n) is 5.34. The van der Waals surface area contributed by atoms with E-state index in [0.717, 1.165) is 63.9 Å². The van der Waals surface area contributed by atoms with Crippen LogP contribution >= 0.6 is 0 Å². The van der Waals surface area contributed by atoms with Crippen LogP contribution in [0.5, 0.6) is 0 Å². The smallest absolute Gasteiger partial charge is 0.243 e. The number of nitrogens with one attached hydrogen (secondary N) is 1. The van der Waals surface area contributed by atoms with E-state index in [4.69, 9.17) is 9.26 Å². The number of piperazine rings is 1. The Morgan fingerprint density at radius 1 is 1.26 bits per heavy atom. The fraction of sp³-hybridized carbons (Fsp3) is 0.846. The Labute approximate surface area is 113 Å². The molecule has 19 heavy (non-hydrogen) atoms. The van der Waals surface area contributed by atoms with Gasteiger partial charge in [0.05, 0.1) is 6.04 Å². The van der Waals surface area contributed by atoms with Gasteiger partial charge in [-0.15, -0.1) is 0 Å². The number of aromatic nitrogens is 2. The predicted octanol–water partition coefficient (Wildman–Crippen LogP) is 0.930. The first-order valence-corrected chi connectivity index (χ1v) is 7.20. The summed E-state index contributed by atoms with van der Waals surface area (Å²) in [4.78, 5) is 7.00. The van der Waals surface area contributed by atoms with E-state index in [1.165, 1.54) is 0 Å². The molecule has 0 spiro atoms. The van der Waals surface area contributed by atoms with Crippen LogP contribution in [0.3, 0.4) is 0 Å². The Morgan fingerprint density at radius 2 is 2.00 bits per heavy atom. The largest absolute Gasteiger partial charge is 0.381 e. The van der Waals surface area contributed by atoms with Gasteiger partial charge in [-0.05, 0) is 19.8 Å². The Kier molecular flexibility index (Phi) is 4.10. The molecule has 0 aliphatic carbocycles. The molecule has 0 saturated carbocycles. The molecule has 3 heterocycles. The molecule has 2 fully saturated rings. The minimum atomic E-state index is 0.211. The van der Waals surface area contributed by atoms with Crippen LogP contribution in [-0.4, -0.2) is 54.4 Å². The van der Waals surface area contributed by atoms with E-state index >= 15 is 0 Å². The topological polar surface area (TPSA) is 63.4 Å². The maximum atomic E-state index is 5.47. The number of hydrogen-bond acceptors (Lipinski definition) is 6. The van der Waals surface area contributed by atoms with Crippen molar-refractivity contribution in [3.05, 3.63) is 11.7 Å². The first kappa shape index (κ1) is 13.0. The van der Waals surface area contributed by atoms with Gasteiger partial charge >= 0.3 is 0 Å². The zero-order valence-corrected chi connectivity index (χ0v) is 11.5. The number of hydrogen-bond donors (Lipinski definition) is 1. The van der Waals surface area contributed by atoms with Crippen LogP contribution in [0.2, 0.25) is 0 Å². The van der Waals surface area contributed by atoms with Crippen molar-refractivity contribution in [3.8, 4) is 0 Å². The number of nitrogens with zero attached hydrogens (tertiary/aromatic N) is 3. The molecule has 2 aliphatic rings. The summed E-state index contributed by atoms with van der Waals surface area (Å²) in [6.07, 6.45) is 2.00. The summed E-state index contributed by atoms with van der Waals surface area (Å²) >= 11 is 0. The third-order valence-electron chi connectivity index (χ3n) is 4.10. The molecular weight excluding hydrogens is 244 g/mol. The summed E-state index contributed by atoms with van der Waals surface area (Å²) in [5.74, 6) is 2.02. The third kappa shape index (κ3) is 2.96. The Bertz CT molecular complexity index is 397. The summed E-state index contributed by atoms with van der Waals surface area (Å²) < 4.78 is 10.8. The van der Waals surface area contributed by atoms with Crippen molar-refractivity contribution >= 4 is 0 Å². The Balaban J connectivity index is 1.65. The van der Waals surface area contributed by atoms with Crippen molar-refractivity contribution in [2.24, 2.45) is 0 Å². The van der Waals surface area contributed by atoms with Crippen molar-refractivity contribution in [3.63, 3.8) is 0 Å². The highest BCUT2D eigenvalue weighted by Gasteiger charge is 2.26. The molecule has 1 atom stereocenters. The molecular formula is C13H22N4O2. The molecule has 2 saturated heterocycles. The first-order valence-electron chi connectivity index (χ1n) is 7.20. The van der Waals surface area contributed by atoms with E-state index in [1.54, 1.807) is 0 Å². The van der Waals surface area contributed by atoms with Crippen molar-refractivity contribution in [2.45, 2.75) is 31.7 Å². The van der Waals surface area contributed by atoms with Gasteiger partial charge in [0.1, 0.15) is 0 Å². The molecule has 106 valence electrons. The van der Waals surface area contributed by atoms with Crippen molar-refractivity contribution in [1.82, 2.24) is 20.4 Å². The van der Waals surface area contributed by atoms with Gasteiger partial charge in [0.2, 0.25) is 5.89 Å². The van der Waals surface area contributed by atoms with Crippen LogP contribution in [0.4, 0.5) is 0 Å². The maximum absolute atomic E-state index is 5.47. The molecule has 3 rings (SSSR count). The molecule has 0 radical (unpaired) electrons. The van der Waals surface area contributed by atoms with E-state index < -0.39 is 0 Å². The summed E-state index contributed by atoms with van der Waals surface area (Å²) in [5.41, 5.74) is 0. The molecule has 6 heteroatoms. The lowest BCUT2D eigenvalue weighted by Crippen LogP contribution is -2.44. The molecule has 0 aromatic carbocycles. The lowest BCUT2D eigenvalue weighted by Gasteiger charge is -2.30. The van der Waals surface area contributed by atoms with Gasteiger partial charge in [0.25, 0.3) is 0 Å². The van der Waals surface area contributed by atoms with E-state index in [9.17, 15) is 0 Å². The van der Waals surface area contributed by atoms with Crippen LogP contribution in [0, 0.1) is 0 Å². The fourth-order valence-electron chi connectivity index (χ4n) is 2.76. The summed E-state index contributed by atoms with van der Waals surface area (Å²) in [7, 11) is 0. The van der Waals surface area contributed by atoms with E-state index in [-0.39, 0.29) is 6.04 Å². The first-order chi connectivity index (χ1) is 9.34. The fourth-order valence-corrected chi connectivity index (χ4v) is 2.76. The minimum absolute atomic E-state index is 0.211. The number of rotatable bonds is 3. The van der Waals surface area contributed by atoms with Crippen LogP contribution < -0.4 is 5.32 Å². The van der Waals surface area contributed by atoms with Crippen molar-refractivity contribution in [2.75, 3.05) is 39.4 Å². The van der Waals surface area contributed by atoms with Gasteiger partial charge in [-0.1, -0.05) is 5.16 Å². The van der Waals surface area contributed by atoms with E-state index in [2.05, 4.69) is 27.3 Å². The van der Waals surface area contributed by atoms with Gasteiger partial charge in [-0.2, -0.15) is 4.98 Å². The van der Waals surface area contributed by atoms with Crippen LogP contribution in [-0.2, 0) is 4.74 Å². The SMILES string of the molecule is CC(c1nc(C2CCOCC2)no1)N1CCNCC1. The second-order valence-corrected chi connectivity index (χ2v) is 5.34. The summed E-state index contributed by atoms with van der Waals surface area (Å²) in [5, 5.41) is 7.53. The van der Waals surface area contributed by atoms with Crippen molar-refractivity contribution < 1.29 is 9.26 Å². The molecule has 1 aromatic rings. The molecule has 6 nitrogen and oxygen atoms in total. The number of ether oxygens (including phenoxy) is 1.